The second-order valence-corrected chi connectivity index (χ2v) is 7.17. The quantitative estimate of drug-likeness (QED) is 0.751. The first-order valence-electron chi connectivity index (χ1n) is 6.54. The molecular weight excluding hydrogens is 315 g/mol. The van der Waals surface area contributed by atoms with Gasteiger partial charge in [0.25, 0.3) is 0 Å². The van der Waals surface area contributed by atoms with E-state index in [1.54, 1.807) is 6.07 Å². The third-order valence-corrected chi connectivity index (χ3v) is 5.60. The fraction of sp³-hybridized carbons (Fsp3) is 0.357. The van der Waals surface area contributed by atoms with Crippen molar-refractivity contribution in [1.82, 2.24) is 4.98 Å². The Hall–Kier alpha value is -0.970. The number of rotatable bonds is 0. The van der Waals surface area contributed by atoms with E-state index in [0.29, 0.717) is 20.9 Å². The summed E-state index contributed by atoms with van der Waals surface area (Å²) in [6, 6.07) is 3.56. The first-order chi connectivity index (χ1) is 9.59. The third-order valence-electron chi connectivity index (χ3n) is 4.03. The molecule has 4 rings (SSSR count). The molecule has 0 saturated heterocycles. The van der Waals surface area contributed by atoms with Gasteiger partial charge in [-0.25, -0.2) is 4.98 Å². The van der Waals surface area contributed by atoms with Gasteiger partial charge in [-0.3, -0.25) is 0 Å². The SMILES string of the molecule is Nc1nc2c(s1)C1(CCCC1)Oc1c(Cl)cc(Cl)cc1-2. The van der Waals surface area contributed by atoms with E-state index in [1.807, 2.05) is 6.07 Å². The molecule has 3 nitrogen and oxygen atoms in total. The molecule has 0 radical (unpaired) electrons. The van der Waals surface area contributed by atoms with Gasteiger partial charge in [-0.1, -0.05) is 34.5 Å². The number of nitrogen functional groups attached to an aromatic ring is 1. The van der Waals surface area contributed by atoms with Crippen LogP contribution in [0.15, 0.2) is 12.1 Å². The van der Waals surface area contributed by atoms with Crippen molar-refractivity contribution >= 4 is 39.7 Å². The summed E-state index contributed by atoms with van der Waals surface area (Å²) in [5.74, 6) is 0.691. The molecule has 2 heterocycles. The van der Waals surface area contributed by atoms with Gasteiger partial charge < -0.3 is 10.5 Å². The van der Waals surface area contributed by atoms with E-state index >= 15 is 0 Å². The molecule has 1 aliphatic carbocycles. The Morgan fingerprint density at radius 1 is 1.25 bits per heavy atom. The monoisotopic (exact) mass is 326 g/mol. The Bertz CT molecular complexity index is 707. The smallest absolute Gasteiger partial charge is 0.180 e. The lowest BCUT2D eigenvalue weighted by molar-refractivity contribution is 0.0749. The number of aromatic nitrogens is 1. The number of nitrogens with zero attached hydrogens (tertiary/aromatic N) is 1. The van der Waals surface area contributed by atoms with Gasteiger partial charge in [-0.15, -0.1) is 0 Å². The first-order valence-corrected chi connectivity index (χ1v) is 8.11. The second-order valence-electron chi connectivity index (χ2n) is 5.30. The van der Waals surface area contributed by atoms with Crippen molar-refractivity contribution in [1.29, 1.82) is 0 Å². The summed E-state index contributed by atoms with van der Waals surface area (Å²) in [6.07, 6.45) is 4.27. The molecule has 0 amide bonds. The Kier molecular flexibility index (Phi) is 2.72. The molecule has 1 aromatic heterocycles. The van der Waals surface area contributed by atoms with Crippen LogP contribution in [-0.2, 0) is 5.60 Å². The summed E-state index contributed by atoms with van der Waals surface area (Å²) < 4.78 is 6.33. The van der Waals surface area contributed by atoms with Crippen LogP contribution in [0.3, 0.4) is 0 Å². The maximum atomic E-state index is 6.33. The predicted molar refractivity (Wildman–Crippen MR) is 82.8 cm³/mol. The van der Waals surface area contributed by atoms with E-state index in [0.717, 1.165) is 41.8 Å². The Morgan fingerprint density at radius 2 is 2.00 bits per heavy atom. The highest BCUT2D eigenvalue weighted by molar-refractivity contribution is 7.16. The molecule has 1 saturated carbocycles. The van der Waals surface area contributed by atoms with Crippen molar-refractivity contribution in [2.75, 3.05) is 5.73 Å². The molecule has 1 aromatic carbocycles. The van der Waals surface area contributed by atoms with Crippen LogP contribution in [0, 0.1) is 0 Å². The van der Waals surface area contributed by atoms with Crippen molar-refractivity contribution in [3.8, 4) is 17.0 Å². The molecular formula is C14H12Cl2N2OS. The zero-order valence-corrected chi connectivity index (χ0v) is 12.9. The van der Waals surface area contributed by atoms with Gasteiger partial charge in [0.2, 0.25) is 0 Å². The minimum Gasteiger partial charge on any atom is -0.479 e. The Balaban J connectivity index is 2.02. The van der Waals surface area contributed by atoms with Crippen molar-refractivity contribution in [2.24, 2.45) is 0 Å². The molecule has 2 aliphatic rings. The molecule has 0 atom stereocenters. The fourth-order valence-corrected chi connectivity index (χ4v) is 4.75. The number of benzene rings is 1. The van der Waals surface area contributed by atoms with Gasteiger partial charge in [0.1, 0.15) is 11.4 Å². The van der Waals surface area contributed by atoms with Crippen molar-refractivity contribution in [3.05, 3.63) is 27.1 Å². The summed E-state index contributed by atoms with van der Waals surface area (Å²) in [7, 11) is 0. The van der Waals surface area contributed by atoms with Crippen LogP contribution < -0.4 is 10.5 Å². The second kappa shape index (κ2) is 4.26. The summed E-state index contributed by atoms with van der Waals surface area (Å²) >= 11 is 13.9. The van der Waals surface area contributed by atoms with E-state index < -0.39 is 0 Å². The lowest BCUT2D eigenvalue weighted by atomic mass is 9.92. The van der Waals surface area contributed by atoms with Crippen LogP contribution >= 0.6 is 34.5 Å². The summed E-state index contributed by atoms with van der Waals surface area (Å²) in [6.45, 7) is 0. The topological polar surface area (TPSA) is 48.1 Å². The van der Waals surface area contributed by atoms with Gasteiger partial charge in [0.15, 0.2) is 5.13 Å². The van der Waals surface area contributed by atoms with Crippen molar-refractivity contribution in [2.45, 2.75) is 31.3 Å². The van der Waals surface area contributed by atoms with E-state index in [4.69, 9.17) is 33.7 Å². The lowest BCUT2D eigenvalue weighted by Gasteiger charge is -2.35. The number of hydrogen-bond donors (Lipinski definition) is 1. The number of hydrogen-bond acceptors (Lipinski definition) is 4. The average molecular weight is 327 g/mol. The average Bonchev–Trinajstić information content (AvgIpc) is 2.99. The Labute approximate surface area is 130 Å². The van der Waals surface area contributed by atoms with Crippen LogP contribution in [0.4, 0.5) is 5.13 Å². The standard InChI is InChI=1S/C14H12Cl2N2OS/c15-7-5-8-10-12(20-13(17)18-10)14(3-1-2-4-14)19-11(8)9(16)6-7/h5-6H,1-4H2,(H2,17,18). The van der Waals surface area contributed by atoms with E-state index in [1.165, 1.54) is 11.3 Å². The fourth-order valence-electron chi connectivity index (χ4n) is 3.18. The zero-order valence-electron chi connectivity index (χ0n) is 10.6. The molecule has 1 aliphatic heterocycles. The zero-order chi connectivity index (χ0) is 13.9. The predicted octanol–water partition coefficient (Wildman–Crippen LogP) is 4.86. The van der Waals surface area contributed by atoms with E-state index in [-0.39, 0.29) is 5.60 Å². The minimum absolute atomic E-state index is 0.297. The molecule has 1 spiro atoms. The number of ether oxygens (including phenoxy) is 1. The highest BCUT2D eigenvalue weighted by Gasteiger charge is 2.46. The highest BCUT2D eigenvalue weighted by atomic mass is 35.5. The summed E-state index contributed by atoms with van der Waals surface area (Å²) in [5.41, 5.74) is 7.37. The van der Waals surface area contributed by atoms with Gasteiger partial charge in [0, 0.05) is 10.6 Å². The maximum absolute atomic E-state index is 6.33. The molecule has 20 heavy (non-hydrogen) atoms. The van der Waals surface area contributed by atoms with E-state index in [2.05, 4.69) is 4.98 Å². The molecule has 104 valence electrons. The van der Waals surface area contributed by atoms with Crippen LogP contribution in [-0.4, -0.2) is 4.98 Å². The number of fused-ring (bicyclic) bond motifs is 4. The van der Waals surface area contributed by atoms with E-state index in [9.17, 15) is 0 Å². The number of anilines is 1. The summed E-state index contributed by atoms with van der Waals surface area (Å²) in [5, 5.41) is 1.68. The highest BCUT2D eigenvalue weighted by Crippen LogP contribution is 2.56. The first kappa shape index (κ1) is 12.7. The molecule has 0 bridgehead atoms. The molecule has 0 unspecified atom stereocenters. The number of thiazole rings is 1. The molecule has 2 N–H and O–H groups in total. The molecule has 6 heteroatoms. The van der Waals surface area contributed by atoms with Crippen molar-refractivity contribution in [3.63, 3.8) is 0 Å². The molecule has 2 aromatic rings. The molecule has 1 fully saturated rings. The van der Waals surface area contributed by atoms with Gasteiger partial charge in [-0.05, 0) is 37.8 Å². The van der Waals surface area contributed by atoms with Crippen LogP contribution in [0.5, 0.6) is 5.75 Å². The van der Waals surface area contributed by atoms with Gasteiger partial charge in [-0.2, -0.15) is 0 Å². The Morgan fingerprint density at radius 3 is 2.75 bits per heavy atom. The van der Waals surface area contributed by atoms with Gasteiger partial charge in [0.05, 0.1) is 15.6 Å². The lowest BCUT2D eigenvalue weighted by Crippen LogP contribution is -2.32. The maximum Gasteiger partial charge on any atom is 0.180 e. The van der Waals surface area contributed by atoms with Crippen LogP contribution in [0.2, 0.25) is 10.0 Å². The van der Waals surface area contributed by atoms with Crippen LogP contribution in [0.1, 0.15) is 30.6 Å². The van der Waals surface area contributed by atoms with Crippen molar-refractivity contribution < 1.29 is 4.74 Å². The normalized spacial score (nSPS) is 18.7. The summed E-state index contributed by atoms with van der Waals surface area (Å²) in [4.78, 5) is 5.62. The third kappa shape index (κ3) is 1.68. The minimum atomic E-state index is -0.297. The van der Waals surface area contributed by atoms with Crippen LogP contribution in [0.25, 0.3) is 11.3 Å². The number of nitrogens with two attached hydrogens (primary N) is 1. The number of halogens is 2. The largest absolute Gasteiger partial charge is 0.479 e. The van der Waals surface area contributed by atoms with Gasteiger partial charge >= 0.3 is 0 Å².